The molecule has 5 nitrogen and oxygen atoms in total. The second kappa shape index (κ2) is 11.3. The molecule has 1 fully saturated rings. The predicted molar refractivity (Wildman–Crippen MR) is 135 cm³/mol. The van der Waals surface area contributed by atoms with Crippen LogP contribution < -0.4 is 4.74 Å². The number of fused-ring (bicyclic) bond motifs is 1. The summed E-state index contributed by atoms with van der Waals surface area (Å²) in [5, 5.41) is 10.6. The van der Waals surface area contributed by atoms with Gasteiger partial charge in [-0.25, -0.2) is 4.39 Å². The third kappa shape index (κ3) is 6.17. The zero-order chi connectivity index (χ0) is 24.8. The Morgan fingerprint density at radius 2 is 2.06 bits per heavy atom. The number of piperidine rings is 1. The molecule has 0 unspecified atom stereocenters. The van der Waals surface area contributed by atoms with Crippen LogP contribution in [0.2, 0.25) is 0 Å². The number of alkyl halides is 1. The number of aliphatic carboxylic acids is 1. The lowest BCUT2D eigenvalue weighted by Crippen LogP contribution is -2.44. The van der Waals surface area contributed by atoms with Gasteiger partial charge in [-0.3, -0.25) is 14.7 Å². The summed E-state index contributed by atoms with van der Waals surface area (Å²) in [4.78, 5) is 18.4. The zero-order valence-corrected chi connectivity index (χ0v) is 20.2. The smallest absolute Gasteiger partial charge is 0.308 e. The molecule has 1 N–H and O–H groups in total. The number of benzene rings is 2. The van der Waals surface area contributed by atoms with E-state index >= 15 is 4.39 Å². The Bertz CT molecular complexity index is 1230. The number of aryl methyl sites for hydroxylation is 1. The number of hydrogen-bond acceptors (Lipinski definition) is 4. The Morgan fingerprint density at radius 1 is 1.26 bits per heavy atom. The Hall–Kier alpha value is -3.43. The molecule has 182 valence electrons. The molecule has 0 spiro atoms. The number of carboxylic acid groups (broad SMARTS) is 1. The molecular weight excluding hydrogens is 443 g/mol. The van der Waals surface area contributed by atoms with E-state index in [1.165, 1.54) is 5.56 Å². The van der Waals surface area contributed by atoms with Gasteiger partial charge in [0.25, 0.3) is 0 Å². The lowest BCUT2D eigenvalue weighted by Gasteiger charge is -2.35. The molecule has 1 aliphatic rings. The number of rotatable bonds is 7. The summed E-state index contributed by atoms with van der Waals surface area (Å²) in [6, 6.07) is 15.2. The first kappa shape index (κ1) is 24.7. The van der Waals surface area contributed by atoms with Crippen LogP contribution in [-0.2, 0) is 4.79 Å². The fourth-order valence-electron chi connectivity index (χ4n) is 4.79. The van der Waals surface area contributed by atoms with Crippen molar-refractivity contribution in [2.24, 2.45) is 11.8 Å². The van der Waals surface area contributed by atoms with Gasteiger partial charge >= 0.3 is 5.97 Å². The van der Waals surface area contributed by atoms with Gasteiger partial charge in [0.2, 0.25) is 0 Å². The van der Waals surface area contributed by atoms with Gasteiger partial charge < -0.3 is 9.84 Å². The topological polar surface area (TPSA) is 62.7 Å². The first-order valence-corrected chi connectivity index (χ1v) is 12.0. The van der Waals surface area contributed by atoms with Gasteiger partial charge in [0.1, 0.15) is 11.9 Å². The summed E-state index contributed by atoms with van der Waals surface area (Å²) in [6.45, 7) is 3.77. The first-order chi connectivity index (χ1) is 16.9. The van der Waals surface area contributed by atoms with Gasteiger partial charge in [-0.15, -0.1) is 0 Å². The number of aromatic nitrogens is 1. The minimum Gasteiger partial charge on any atom is -0.497 e. The molecule has 4 rings (SSSR count). The maximum atomic E-state index is 15.4. The van der Waals surface area contributed by atoms with E-state index in [1.54, 1.807) is 25.4 Å². The molecule has 2 aromatic carbocycles. The SMILES string of the molecule is COc1ccc2nccc([C@H](F)CC[C@@H]3CCN(CC#Cc4ccc(C)cc4)C[C@@H]3C(=O)O)c2c1. The predicted octanol–water partition coefficient (Wildman–Crippen LogP) is 5.42. The van der Waals surface area contributed by atoms with Gasteiger partial charge in [-0.05, 0) is 80.6 Å². The van der Waals surface area contributed by atoms with Crippen LogP contribution in [-0.4, -0.2) is 47.7 Å². The standard InChI is InChI=1S/C29H31FN2O3/c1-20-5-7-21(8-6-20)4-3-16-32-17-14-22(26(19-32)29(33)34)9-11-27(30)24-13-15-31-28-12-10-23(35-2)18-25(24)28/h5-8,10,12-13,15,18,22,26-27H,9,11,14,16-17,19H2,1-2H3,(H,33,34)/t22-,26+,27-/m1/s1. The van der Waals surface area contributed by atoms with Crippen molar-refractivity contribution >= 4 is 16.9 Å². The monoisotopic (exact) mass is 474 g/mol. The van der Waals surface area contributed by atoms with Crippen molar-refractivity contribution in [3.05, 3.63) is 71.4 Å². The third-order valence-corrected chi connectivity index (χ3v) is 6.86. The molecule has 0 radical (unpaired) electrons. The average Bonchev–Trinajstić information content (AvgIpc) is 2.88. The van der Waals surface area contributed by atoms with Gasteiger partial charge in [0.05, 0.1) is 25.1 Å². The van der Waals surface area contributed by atoms with E-state index < -0.39 is 18.1 Å². The molecule has 0 aliphatic carbocycles. The van der Waals surface area contributed by atoms with Crippen LogP contribution in [0.15, 0.2) is 54.7 Å². The Kier molecular flexibility index (Phi) is 7.99. The molecule has 6 heteroatoms. The summed E-state index contributed by atoms with van der Waals surface area (Å²) in [5.74, 6) is 5.58. The maximum Gasteiger partial charge on any atom is 0.308 e. The van der Waals surface area contributed by atoms with Crippen molar-refractivity contribution in [3.63, 3.8) is 0 Å². The van der Waals surface area contributed by atoms with E-state index in [9.17, 15) is 9.90 Å². The minimum atomic E-state index is -1.19. The molecule has 3 aromatic rings. The number of nitrogens with zero attached hydrogens (tertiary/aromatic N) is 2. The van der Waals surface area contributed by atoms with Crippen LogP contribution in [0.5, 0.6) is 5.75 Å². The molecule has 3 atom stereocenters. The molecule has 0 amide bonds. The van der Waals surface area contributed by atoms with E-state index in [4.69, 9.17) is 4.74 Å². The van der Waals surface area contributed by atoms with E-state index in [0.29, 0.717) is 30.8 Å². The summed E-state index contributed by atoms with van der Waals surface area (Å²) in [6.07, 6.45) is 1.95. The fourth-order valence-corrected chi connectivity index (χ4v) is 4.79. The lowest BCUT2D eigenvalue weighted by molar-refractivity contribution is -0.146. The van der Waals surface area contributed by atoms with Gasteiger partial charge in [0, 0.05) is 23.7 Å². The Labute approximate surface area is 205 Å². The fraction of sp³-hybridized carbons (Fsp3) is 0.379. The Balaban J connectivity index is 1.37. The number of hydrogen-bond donors (Lipinski definition) is 1. The van der Waals surface area contributed by atoms with Gasteiger partial charge in [-0.2, -0.15) is 0 Å². The van der Waals surface area contributed by atoms with Gasteiger partial charge in [-0.1, -0.05) is 29.5 Å². The molecule has 2 heterocycles. The normalized spacial score (nSPS) is 19.1. The van der Waals surface area contributed by atoms with Crippen molar-refractivity contribution in [2.45, 2.75) is 32.4 Å². The molecule has 0 bridgehead atoms. The highest BCUT2D eigenvalue weighted by Crippen LogP contribution is 2.35. The Morgan fingerprint density at radius 3 is 2.80 bits per heavy atom. The maximum absolute atomic E-state index is 15.4. The van der Waals surface area contributed by atoms with Crippen molar-refractivity contribution in [1.82, 2.24) is 9.88 Å². The van der Waals surface area contributed by atoms with Crippen LogP contribution >= 0.6 is 0 Å². The number of halogens is 1. The lowest BCUT2D eigenvalue weighted by atomic mass is 9.81. The number of likely N-dealkylation sites (tertiary alicyclic amines) is 1. The zero-order valence-electron chi connectivity index (χ0n) is 20.2. The number of carbonyl (C=O) groups is 1. The van der Waals surface area contributed by atoms with Crippen molar-refractivity contribution in [1.29, 1.82) is 0 Å². The number of pyridine rings is 1. The van der Waals surface area contributed by atoms with Crippen molar-refractivity contribution in [3.8, 4) is 17.6 Å². The van der Waals surface area contributed by atoms with Crippen molar-refractivity contribution in [2.75, 3.05) is 26.7 Å². The highest BCUT2D eigenvalue weighted by molar-refractivity contribution is 5.83. The van der Waals surface area contributed by atoms with Crippen LogP contribution in [0, 0.1) is 30.6 Å². The third-order valence-electron chi connectivity index (χ3n) is 6.86. The molecule has 0 saturated carbocycles. The second-order valence-corrected chi connectivity index (χ2v) is 9.22. The minimum absolute atomic E-state index is 0.0605. The largest absolute Gasteiger partial charge is 0.497 e. The van der Waals surface area contributed by atoms with Crippen LogP contribution in [0.1, 0.15) is 42.1 Å². The molecule has 1 aliphatic heterocycles. The highest BCUT2D eigenvalue weighted by atomic mass is 19.1. The van der Waals surface area contributed by atoms with Gasteiger partial charge in [0.15, 0.2) is 0 Å². The van der Waals surface area contributed by atoms with E-state index in [-0.39, 0.29) is 12.3 Å². The van der Waals surface area contributed by atoms with Crippen LogP contribution in [0.4, 0.5) is 4.39 Å². The quantitative estimate of drug-likeness (QED) is 0.464. The summed E-state index contributed by atoms with van der Waals surface area (Å²) < 4.78 is 20.7. The molecule has 1 saturated heterocycles. The van der Waals surface area contributed by atoms with E-state index in [1.807, 2.05) is 43.3 Å². The summed E-state index contributed by atoms with van der Waals surface area (Å²) in [7, 11) is 1.58. The molecule has 35 heavy (non-hydrogen) atoms. The molecular formula is C29H31FN2O3. The summed E-state index contributed by atoms with van der Waals surface area (Å²) in [5.41, 5.74) is 3.43. The second-order valence-electron chi connectivity index (χ2n) is 9.22. The van der Waals surface area contributed by atoms with Crippen LogP contribution in [0.3, 0.4) is 0 Å². The number of ether oxygens (including phenoxy) is 1. The number of carboxylic acids is 1. The highest BCUT2D eigenvalue weighted by Gasteiger charge is 2.34. The van der Waals surface area contributed by atoms with E-state index in [2.05, 4.69) is 21.7 Å². The first-order valence-electron chi connectivity index (χ1n) is 12.0. The average molecular weight is 475 g/mol. The number of methoxy groups -OCH3 is 1. The summed E-state index contributed by atoms with van der Waals surface area (Å²) >= 11 is 0. The van der Waals surface area contributed by atoms with Crippen molar-refractivity contribution < 1.29 is 19.0 Å². The van der Waals surface area contributed by atoms with Crippen LogP contribution in [0.25, 0.3) is 10.9 Å². The van der Waals surface area contributed by atoms with E-state index in [0.717, 1.165) is 29.4 Å². The molecule has 1 aromatic heterocycles.